The van der Waals surface area contributed by atoms with E-state index in [1.165, 1.54) is 4.68 Å². The second-order valence-electron chi connectivity index (χ2n) is 6.03. The molecule has 0 saturated carbocycles. The molecule has 3 rings (SSSR count). The molecule has 3 aromatic rings. The molecule has 2 aromatic carbocycles. The van der Waals surface area contributed by atoms with Crippen LogP contribution in [-0.4, -0.2) is 29.6 Å². The molecule has 0 aliphatic rings. The largest absolute Gasteiger partial charge is 0.493 e. The number of methoxy groups -OCH3 is 1. The molecule has 0 amide bonds. The second-order valence-corrected chi connectivity index (χ2v) is 7.86. The lowest BCUT2D eigenvalue weighted by Crippen LogP contribution is -2.22. The van der Waals surface area contributed by atoms with E-state index in [0.717, 1.165) is 8.95 Å². The van der Waals surface area contributed by atoms with Crippen LogP contribution >= 0.6 is 31.9 Å². The van der Waals surface area contributed by atoms with Gasteiger partial charge in [0.1, 0.15) is 12.4 Å². The molecule has 0 fully saturated rings. The SMILES string of the molecule is C=CCOc1c(C=Nn2c(CC)nc3ccc(Br)cc3c2=O)cc(Br)cc1OC. The van der Waals surface area contributed by atoms with Gasteiger partial charge in [-0.05, 0) is 30.3 Å². The van der Waals surface area contributed by atoms with Gasteiger partial charge in [-0.25, -0.2) is 4.98 Å². The molecule has 1 aromatic heterocycles. The average molecular weight is 521 g/mol. The molecule has 8 heteroatoms. The fourth-order valence-corrected chi connectivity index (χ4v) is 3.61. The Balaban J connectivity index is 2.16. The Morgan fingerprint density at radius 2 is 2.03 bits per heavy atom. The Morgan fingerprint density at radius 1 is 1.24 bits per heavy atom. The van der Waals surface area contributed by atoms with Crippen LogP contribution in [0.1, 0.15) is 18.3 Å². The predicted octanol–water partition coefficient (Wildman–Crippen LogP) is 4.94. The predicted molar refractivity (Wildman–Crippen MR) is 122 cm³/mol. The van der Waals surface area contributed by atoms with Crippen LogP contribution in [-0.2, 0) is 6.42 Å². The second kappa shape index (κ2) is 9.37. The van der Waals surface area contributed by atoms with Gasteiger partial charge in [-0.15, -0.1) is 0 Å². The fraction of sp³-hybridized carbons (Fsp3) is 0.190. The number of hydrogen-bond donors (Lipinski definition) is 0. The number of aromatic nitrogens is 2. The van der Waals surface area contributed by atoms with Crippen LogP contribution in [0.4, 0.5) is 0 Å². The summed E-state index contributed by atoms with van der Waals surface area (Å²) in [4.78, 5) is 17.6. The van der Waals surface area contributed by atoms with Crippen LogP contribution in [0.3, 0.4) is 0 Å². The zero-order valence-electron chi connectivity index (χ0n) is 16.0. The summed E-state index contributed by atoms with van der Waals surface area (Å²) in [7, 11) is 1.56. The zero-order chi connectivity index (χ0) is 21.0. The smallest absolute Gasteiger partial charge is 0.282 e. The summed E-state index contributed by atoms with van der Waals surface area (Å²) >= 11 is 6.86. The minimum atomic E-state index is -0.236. The third-order valence-electron chi connectivity index (χ3n) is 4.12. The van der Waals surface area contributed by atoms with Gasteiger partial charge in [0.15, 0.2) is 11.5 Å². The normalized spacial score (nSPS) is 11.2. The van der Waals surface area contributed by atoms with Crippen molar-refractivity contribution in [2.24, 2.45) is 5.10 Å². The lowest BCUT2D eigenvalue weighted by molar-refractivity contribution is 0.326. The quantitative estimate of drug-likeness (QED) is 0.327. The molecular formula is C21H19Br2N3O3. The topological polar surface area (TPSA) is 65.7 Å². The number of aryl methyl sites for hydroxylation is 1. The first-order valence-electron chi connectivity index (χ1n) is 8.85. The molecule has 29 heavy (non-hydrogen) atoms. The maximum Gasteiger partial charge on any atom is 0.282 e. The van der Waals surface area contributed by atoms with E-state index in [1.807, 2.05) is 25.1 Å². The van der Waals surface area contributed by atoms with Crippen molar-refractivity contribution in [2.75, 3.05) is 13.7 Å². The van der Waals surface area contributed by atoms with Crippen molar-refractivity contribution < 1.29 is 9.47 Å². The Kier molecular flexibility index (Phi) is 6.87. The van der Waals surface area contributed by atoms with Crippen molar-refractivity contribution in [1.82, 2.24) is 9.66 Å². The summed E-state index contributed by atoms with van der Waals surface area (Å²) in [5.74, 6) is 1.63. The van der Waals surface area contributed by atoms with Crippen molar-refractivity contribution in [2.45, 2.75) is 13.3 Å². The third kappa shape index (κ3) is 4.59. The number of hydrogen-bond acceptors (Lipinski definition) is 5. The van der Waals surface area contributed by atoms with E-state index in [0.29, 0.717) is 46.8 Å². The highest BCUT2D eigenvalue weighted by Gasteiger charge is 2.13. The molecule has 0 aliphatic heterocycles. The summed E-state index contributed by atoms with van der Waals surface area (Å²) in [6, 6.07) is 9.06. The zero-order valence-corrected chi connectivity index (χ0v) is 19.2. The van der Waals surface area contributed by atoms with Crippen molar-refractivity contribution in [3.63, 3.8) is 0 Å². The molecule has 1 heterocycles. The molecule has 0 aliphatic carbocycles. The van der Waals surface area contributed by atoms with Gasteiger partial charge in [-0.2, -0.15) is 9.78 Å². The number of halogens is 2. The Morgan fingerprint density at radius 3 is 2.72 bits per heavy atom. The summed E-state index contributed by atoms with van der Waals surface area (Å²) in [5, 5.41) is 4.92. The van der Waals surface area contributed by atoms with E-state index in [1.54, 1.807) is 31.5 Å². The molecule has 6 nitrogen and oxygen atoms in total. The van der Waals surface area contributed by atoms with Gasteiger partial charge in [0.05, 0.1) is 24.2 Å². The average Bonchev–Trinajstić information content (AvgIpc) is 2.72. The summed E-state index contributed by atoms with van der Waals surface area (Å²) < 4.78 is 14.1. The lowest BCUT2D eigenvalue weighted by Gasteiger charge is -2.13. The van der Waals surface area contributed by atoms with E-state index in [-0.39, 0.29) is 5.56 Å². The van der Waals surface area contributed by atoms with Crippen molar-refractivity contribution in [1.29, 1.82) is 0 Å². The van der Waals surface area contributed by atoms with Crippen LogP contribution in [0, 0.1) is 0 Å². The molecule has 150 valence electrons. The summed E-state index contributed by atoms with van der Waals surface area (Å²) in [5.41, 5.74) is 1.06. The lowest BCUT2D eigenvalue weighted by atomic mass is 10.2. The Hall–Kier alpha value is -2.45. The third-order valence-corrected chi connectivity index (χ3v) is 5.07. The molecule has 0 N–H and O–H groups in total. The minimum absolute atomic E-state index is 0.236. The maximum atomic E-state index is 13.0. The van der Waals surface area contributed by atoms with Crippen molar-refractivity contribution in [3.05, 3.63) is 73.7 Å². The molecule has 0 spiro atoms. The molecule has 0 saturated heterocycles. The fourth-order valence-electron chi connectivity index (χ4n) is 2.80. The van der Waals surface area contributed by atoms with E-state index >= 15 is 0 Å². The van der Waals surface area contributed by atoms with Crippen molar-refractivity contribution >= 4 is 49.0 Å². The van der Waals surface area contributed by atoms with Crippen LogP contribution in [0.2, 0.25) is 0 Å². The highest BCUT2D eigenvalue weighted by molar-refractivity contribution is 9.10. The number of fused-ring (bicyclic) bond motifs is 1. The van der Waals surface area contributed by atoms with Gasteiger partial charge in [-0.1, -0.05) is 51.4 Å². The van der Waals surface area contributed by atoms with Crippen LogP contribution < -0.4 is 15.0 Å². The molecule has 0 bridgehead atoms. The van der Waals surface area contributed by atoms with Gasteiger partial charge >= 0.3 is 0 Å². The first-order valence-corrected chi connectivity index (χ1v) is 10.4. The summed E-state index contributed by atoms with van der Waals surface area (Å²) in [6.45, 7) is 5.92. The van der Waals surface area contributed by atoms with E-state index in [4.69, 9.17) is 9.47 Å². The standard InChI is InChI=1S/C21H19Br2N3O3/c1-4-8-29-20-13(9-15(23)11-18(20)28-3)12-24-26-19(5-2)25-17-7-6-14(22)10-16(17)21(26)27/h4,6-7,9-12H,1,5,8H2,2-3H3. The van der Waals surface area contributed by atoms with Crippen LogP contribution in [0.5, 0.6) is 11.5 Å². The van der Waals surface area contributed by atoms with E-state index in [9.17, 15) is 4.79 Å². The maximum absolute atomic E-state index is 13.0. The van der Waals surface area contributed by atoms with Gasteiger partial charge in [0.25, 0.3) is 5.56 Å². The van der Waals surface area contributed by atoms with Crippen LogP contribution in [0.25, 0.3) is 10.9 Å². The highest BCUT2D eigenvalue weighted by Crippen LogP contribution is 2.34. The van der Waals surface area contributed by atoms with Gasteiger partial charge in [0.2, 0.25) is 0 Å². The van der Waals surface area contributed by atoms with Crippen LogP contribution in [0.15, 0.2) is 61.8 Å². The first kappa shape index (κ1) is 21.3. The number of benzene rings is 2. The Bertz CT molecular complexity index is 1160. The van der Waals surface area contributed by atoms with E-state index in [2.05, 4.69) is 48.5 Å². The van der Waals surface area contributed by atoms with Gasteiger partial charge in [-0.3, -0.25) is 4.79 Å². The van der Waals surface area contributed by atoms with Crippen molar-refractivity contribution in [3.8, 4) is 11.5 Å². The molecule has 0 unspecified atom stereocenters. The molecule has 0 radical (unpaired) electrons. The minimum Gasteiger partial charge on any atom is -0.493 e. The monoisotopic (exact) mass is 519 g/mol. The summed E-state index contributed by atoms with van der Waals surface area (Å²) in [6.07, 6.45) is 3.77. The number of rotatable bonds is 7. The number of nitrogens with zero attached hydrogens (tertiary/aromatic N) is 3. The molecule has 0 atom stereocenters. The van der Waals surface area contributed by atoms with Gasteiger partial charge < -0.3 is 9.47 Å². The van der Waals surface area contributed by atoms with Gasteiger partial charge in [0, 0.05) is 20.9 Å². The number of ether oxygens (including phenoxy) is 2. The first-order chi connectivity index (χ1) is 14.0. The van der Waals surface area contributed by atoms with E-state index < -0.39 is 0 Å². The molecular weight excluding hydrogens is 502 g/mol. The highest BCUT2D eigenvalue weighted by atomic mass is 79.9. The Labute approximate surface area is 185 Å².